The van der Waals surface area contributed by atoms with E-state index < -0.39 is 6.10 Å². The SMILES string of the molecule is CN(CC1CC1)C(=O)C(O)c1cc(-c2ccccc2)nc2ccccc12. The van der Waals surface area contributed by atoms with E-state index in [2.05, 4.69) is 0 Å². The Hall–Kier alpha value is -2.72. The van der Waals surface area contributed by atoms with E-state index in [4.69, 9.17) is 4.98 Å². The maximum Gasteiger partial charge on any atom is 0.255 e. The van der Waals surface area contributed by atoms with Crippen LogP contribution in [0.2, 0.25) is 0 Å². The van der Waals surface area contributed by atoms with Crippen LogP contribution in [0.4, 0.5) is 0 Å². The molecule has 26 heavy (non-hydrogen) atoms. The van der Waals surface area contributed by atoms with Crippen molar-refractivity contribution in [2.24, 2.45) is 5.92 Å². The topological polar surface area (TPSA) is 53.4 Å². The summed E-state index contributed by atoms with van der Waals surface area (Å²) in [4.78, 5) is 19.1. The van der Waals surface area contributed by atoms with E-state index in [0.717, 1.165) is 22.2 Å². The fourth-order valence-corrected chi connectivity index (χ4v) is 3.30. The number of aliphatic hydroxyl groups excluding tert-OH is 1. The molecular weight excluding hydrogens is 324 g/mol. The zero-order chi connectivity index (χ0) is 18.1. The van der Waals surface area contributed by atoms with Crippen LogP contribution in [-0.4, -0.2) is 34.5 Å². The Morgan fingerprint density at radius 3 is 2.58 bits per heavy atom. The number of aromatic nitrogens is 1. The minimum atomic E-state index is -1.19. The number of para-hydroxylation sites is 1. The van der Waals surface area contributed by atoms with Crippen molar-refractivity contribution in [3.05, 3.63) is 66.2 Å². The highest BCUT2D eigenvalue weighted by Gasteiger charge is 2.29. The molecule has 2 aromatic carbocycles. The Balaban J connectivity index is 1.76. The lowest BCUT2D eigenvalue weighted by Crippen LogP contribution is -2.33. The first-order valence-electron chi connectivity index (χ1n) is 9.01. The first-order valence-corrected chi connectivity index (χ1v) is 9.01. The third-order valence-electron chi connectivity index (χ3n) is 4.95. The summed E-state index contributed by atoms with van der Waals surface area (Å²) in [5.41, 5.74) is 3.11. The van der Waals surface area contributed by atoms with Gasteiger partial charge >= 0.3 is 0 Å². The Morgan fingerprint density at radius 1 is 1.15 bits per heavy atom. The van der Waals surface area contributed by atoms with Gasteiger partial charge < -0.3 is 10.0 Å². The molecule has 0 aliphatic heterocycles. The molecule has 1 heterocycles. The second-order valence-corrected chi connectivity index (χ2v) is 7.04. The predicted molar refractivity (Wildman–Crippen MR) is 102 cm³/mol. The van der Waals surface area contributed by atoms with Gasteiger partial charge in [-0.25, -0.2) is 4.98 Å². The molecule has 1 unspecified atom stereocenters. The lowest BCUT2D eigenvalue weighted by Gasteiger charge is -2.22. The van der Waals surface area contributed by atoms with Crippen LogP contribution in [0.15, 0.2) is 60.7 Å². The maximum absolute atomic E-state index is 12.8. The van der Waals surface area contributed by atoms with Crippen molar-refractivity contribution in [3.63, 3.8) is 0 Å². The number of benzene rings is 2. The summed E-state index contributed by atoms with van der Waals surface area (Å²) < 4.78 is 0. The molecule has 132 valence electrons. The summed E-state index contributed by atoms with van der Waals surface area (Å²) in [6, 6.07) is 19.3. The summed E-state index contributed by atoms with van der Waals surface area (Å²) in [5.74, 6) is 0.331. The first-order chi connectivity index (χ1) is 12.6. The van der Waals surface area contributed by atoms with Crippen LogP contribution in [0, 0.1) is 5.92 Å². The van der Waals surface area contributed by atoms with Crippen LogP contribution < -0.4 is 0 Å². The molecular formula is C22H22N2O2. The largest absolute Gasteiger partial charge is 0.378 e. The number of hydrogen-bond donors (Lipinski definition) is 1. The van der Waals surface area contributed by atoms with Gasteiger partial charge in [0.05, 0.1) is 11.2 Å². The van der Waals surface area contributed by atoms with Crippen molar-refractivity contribution in [1.29, 1.82) is 0 Å². The molecule has 1 aliphatic rings. The van der Waals surface area contributed by atoms with Gasteiger partial charge in [0, 0.05) is 30.1 Å². The monoisotopic (exact) mass is 346 g/mol. The van der Waals surface area contributed by atoms with Crippen LogP contribution in [0.25, 0.3) is 22.2 Å². The van der Waals surface area contributed by atoms with E-state index in [-0.39, 0.29) is 5.91 Å². The normalized spacial score (nSPS) is 15.0. The highest BCUT2D eigenvalue weighted by atomic mass is 16.3. The van der Waals surface area contributed by atoms with Gasteiger partial charge in [-0.15, -0.1) is 0 Å². The lowest BCUT2D eigenvalue weighted by molar-refractivity contribution is -0.139. The molecule has 0 radical (unpaired) electrons. The second kappa shape index (κ2) is 6.89. The fourth-order valence-electron chi connectivity index (χ4n) is 3.30. The van der Waals surface area contributed by atoms with E-state index in [1.165, 1.54) is 12.8 Å². The average molecular weight is 346 g/mol. The third-order valence-corrected chi connectivity index (χ3v) is 4.95. The zero-order valence-electron chi connectivity index (χ0n) is 14.8. The molecule has 0 bridgehead atoms. The highest BCUT2D eigenvalue weighted by molar-refractivity contribution is 5.92. The Labute approximate surface area is 153 Å². The molecule has 4 nitrogen and oxygen atoms in total. The molecule has 1 atom stereocenters. The molecule has 1 aromatic heterocycles. The number of fused-ring (bicyclic) bond motifs is 1. The summed E-state index contributed by atoms with van der Waals surface area (Å²) in [7, 11) is 1.77. The maximum atomic E-state index is 12.8. The van der Waals surface area contributed by atoms with E-state index >= 15 is 0 Å². The van der Waals surface area contributed by atoms with Crippen LogP contribution in [0.3, 0.4) is 0 Å². The minimum absolute atomic E-state index is 0.257. The standard InChI is InChI=1S/C22H22N2O2/c1-24(14-15-11-12-15)22(26)21(25)18-13-20(16-7-3-2-4-8-16)23-19-10-6-5-9-17(18)19/h2-10,13,15,21,25H,11-12,14H2,1H3. The molecule has 0 saturated heterocycles. The highest BCUT2D eigenvalue weighted by Crippen LogP contribution is 2.32. The van der Waals surface area contributed by atoms with Crippen LogP contribution >= 0.6 is 0 Å². The van der Waals surface area contributed by atoms with Crippen LogP contribution in [-0.2, 0) is 4.79 Å². The van der Waals surface area contributed by atoms with Gasteiger partial charge in [0.15, 0.2) is 6.10 Å². The van der Waals surface area contributed by atoms with Gasteiger partial charge in [0.25, 0.3) is 5.91 Å². The molecule has 1 fully saturated rings. The van der Waals surface area contributed by atoms with Gasteiger partial charge in [-0.2, -0.15) is 0 Å². The molecule has 1 N–H and O–H groups in total. The summed E-state index contributed by atoms with van der Waals surface area (Å²) in [5, 5.41) is 11.7. The number of rotatable bonds is 5. The summed E-state index contributed by atoms with van der Waals surface area (Å²) in [6.45, 7) is 0.713. The van der Waals surface area contributed by atoms with Crippen LogP contribution in [0.5, 0.6) is 0 Å². The Morgan fingerprint density at radius 2 is 1.85 bits per heavy atom. The fraction of sp³-hybridized carbons (Fsp3) is 0.273. The van der Waals surface area contributed by atoms with Gasteiger partial charge in [0.1, 0.15) is 0 Å². The molecule has 0 spiro atoms. The number of carbonyl (C=O) groups excluding carboxylic acids is 1. The van der Waals surface area contributed by atoms with Gasteiger partial charge in [-0.05, 0) is 30.9 Å². The van der Waals surface area contributed by atoms with Crippen molar-refractivity contribution >= 4 is 16.8 Å². The number of hydrogen-bond acceptors (Lipinski definition) is 3. The lowest BCUT2D eigenvalue weighted by atomic mass is 9.99. The van der Waals surface area contributed by atoms with E-state index in [0.29, 0.717) is 18.0 Å². The van der Waals surface area contributed by atoms with Crippen molar-refractivity contribution in [2.45, 2.75) is 18.9 Å². The van der Waals surface area contributed by atoms with Gasteiger partial charge in [-0.1, -0.05) is 48.5 Å². The smallest absolute Gasteiger partial charge is 0.255 e. The molecule has 1 aliphatic carbocycles. The third kappa shape index (κ3) is 3.33. The first kappa shape index (κ1) is 16.7. The molecule has 1 amide bonds. The number of likely N-dealkylation sites (N-methyl/N-ethyl adjacent to an activating group) is 1. The molecule has 4 heteroatoms. The summed E-state index contributed by atoms with van der Waals surface area (Å²) in [6.07, 6.45) is 1.16. The van der Waals surface area contributed by atoms with Crippen molar-refractivity contribution < 1.29 is 9.90 Å². The van der Waals surface area contributed by atoms with E-state index in [9.17, 15) is 9.90 Å². The molecule has 4 rings (SSSR count). The zero-order valence-corrected chi connectivity index (χ0v) is 14.8. The molecule has 1 saturated carbocycles. The molecule has 3 aromatic rings. The summed E-state index contributed by atoms with van der Waals surface area (Å²) >= 11 is 0. The number of aliphatic hydroxyl groups is 1. The number of carbonyl (C=O) groups is 1. The number of amides is 1. The van der Waals surface area contributed by atoms with Crippen molar-refractivity contribution in [2.75, 3.05) is 13.6 Å². The predicted octanol–water partition coefficient (Wildman–Crippen LogP) is 3.80. The second-order valence-electron chi connectivity index (χ2n) is 7.04. The van der Waals surface area contributed by atoms with E-state index in [1.807, 2.05) is 60.7 Å². The van der Waals surface area contributed by atoms with Gasteiger partial charge in [-0.3, -0.25) is 4.79 Å². The Kier molecular flexibility index (Phi) is 4.43. The quantitative estimate of drug-likeness (QED) is 0.764. The number of nitrogens with zero attached hydrogens (tertiary/aromatic N) is 2. The average Bonchev–Trinajstić information content (AvgIpc) is 3.50. The van der Waals surface area contributed by atoms with E-state index in [1.54, 1.807) is 11.9 Å². The van der Waals surface area contributed by atoms with Crippen molar-refractivity contribution in [3.8, 4) is 11.3 Å². The van der Waals surface area contributed by atoms with Crippen molar-refractivity contribution in [1.82, 2.24) is 9.88 Å². The van der Waals surface area contributed by atoms with Gasteiger partial charge in [0.2, 0.25) is 0 Å². The van der Waals surface area contributed by atoms with Crippen LogP contribution in [0.1, 0.15) is 24.5 Å². The minimum Gasteiger partial charge on any atom is -0.378 e. The Bertz CT molecular complexity index is 935. The number of pyridine rings is 1.